The molecule has 0 saturated carbocycles. The van der Waals surface area contributed by atoms with Gasteiger partial charge in [0.1, 0.15) is 0 Å². The molecule has 3 aliphatic heterocycles. The maximum atomic E-state index is 2.52. The Kier molecular flexibility index (Phi) is 1.99. The summed E-state index contributed by atoms with van der Waals surface area (Å²) in [5, 5.41) is 0. The van der Waals surface area contributed by atoms with Crippen LogP contribution < -0.4 is 0 Å². The fraction of sp³-hybridized carbons (Fsp3) is 0.800. The van der Waals surface area contributed by atoms with Crippen LogP contribution in [0.3, 0.4) is 0 Å². The topological polar surface area (TPSA) is 9.72 Å². The van der Waals surface area contributed by atoms with Crippen LogP contribution in [0.25, 0.3) is 0 Å². The highest BCUT2D eigenvalue weighted by Crippen LogP contribution is 2.28. The molecule has 2 bridgehead atoms. The summed E-state index contributed by atoms with van der Waals surface area (Å²) in [5.74, 6) is 0. The molecular weight excluding hydrogens is 162 g/mol. The van der Waals surface area contributed by atoms with Crippen LogP contribution in [0.2, 0.25) is 0 Å². The van der Waals surface area contributed by atoms with Gasteiger partial charge in [-0.15, -0.1) is 0 Å². The van der Waals surface area contributed by atoms with Gasteiger partial charge in [-0.25, -0.2) is 0 Å². The van der Waals surface area contributed by atoms with Crippen LogP contribution >= 0.6 is 0 Å². The zero-order valence-electron chi connectivity index (χ0n) is 9.04. The number of hydrogen-bond acceptors (Lipinski definition) is 3. The molecule has 3 heteroatoms. The number of hydrogen-bond donors (Lipinski definition) is 0. The van der Waals surface area contributed by atoms with Crippen molar-refractivity contribution in [3.8, 4) is 0 Å². The molecule has 13 heavy (non-hydrogen) atoms. The second-order valence-corrected chi connectivity index (χ2v) is 4.25. The van der Waals surface area contributed by atoms with E-state index >= 15 is 0 Å². The molecule has 0 aromatic heterocycles. The van der Waals surface area contributed by atoms with Gasteiger partial charge >= 0.3 is 0 Å². The Morgan fingerprint density at radius 1 is 1.15 bits per heavy atom. The smallest absolute Gasteiger partial charge is 0.0992 e. The second-order valence-electron chi connectivity index (χ2n) is 4.25. The fourth-order valence-electron chi connectivity index (χ4n) is 2.34. The standard InChI is InChI=1S/C10H19N3/c1-8-9(2)13-6-5-12(8)7-10(13)11(3)4/h10H,5-7H2,1-4H3. The summed E-state index contributed by atoms with van der Waals surface area (Å²) in [6, 6.07) is 0. The third kappa shape index (κ3) is 1.22. The Labute approximate surface area is 80.6 Å². The minimum absolute atomic E-state index is 0.581. The van der Waals surface area contributed by atoms with Gasteiger partial charge < -0.3 is 9.80 Å². The van der Waals surface area contributed by atoms with Crippen molar-refractivity contribution in [1.29, 1.82) is 0 Å². The van der Waals surface area contributed by atoms with E-state index in [0.29, 0.717) is 6.17 Å². The van der Waals surface area contributed by atoms with Gasteiger partial charge in [0, 0.05) is 24.5 Å². The van der Waals surface area contributed by atoms with Crippen LogP contribution in [0.4, 0.5) is 0 Å². The molecule has 0 radical (unpaired) electrons. The molecule has 0 aliphatic carbocycles. The van der Waals surface area contributed by atoms with Gasteiger partial charge in [-0.1, -0.05) is 0 Å². The minimum atomic E-state index is 0.581. The summed E-state index contributed by atoms with van der Waals surface area (Å²) in [7, 11) is 4.32. The molecule has 3 heterocycles. The summed E-state index contributed by atoms with van der Waals surface area (Å²) in [6.07, 6.45) is 0.581. The highest BCUT2D eigenvalue weighted by atomic mass is 15.4. The molecule has 1 unspecified atom stereocenters. The van der Waals surface area contributed by atoms with E-state index in [1.54, 1.807) is 0 Å². The van der Waals surface area contributed by atoms with E-state index in [0.717, 1.165) is 6.54 Å². The van der Waals surface area contributed by atoms with Crippen LogP contribution in [0.1, 0.15) is 13.8 Å². The molecular formula is C10H19N3. The Bertz CT molecular complexity index is 245. The molecule has 1 saturated heterocycles. The van der Waals surface area contributed by atoms with Crippen LogP contribution in [0.5, 0.6) is 0 Å². The van der Waals surface area contributed by atoms with E-state index in [-0.39, 0.29) is 0 Å². The Morgan fingerprint density at radius 2 is 1.85 bits per heavy atom. The van der Waals surface area contributed by atoms with Crippen molar-refractivity contribution >= 4 is 0 Å². The van der Waals surface area contributed by atoms with Crippen molar-refractivity contribution in [3.63, 3.8) is 0 Å². The SMILES string of the molecule is CC1=C(C)N2CCN1CC2N(C)C. The molecule has 0 spiro atoms. The van der Waals surface area contributed by atoms with Gasteiger partial charge in [0.2, 0.25) is 0 Å². The van der Waals surface area contributed by atoms with E-state index in [1.807, 2.05) is 0 Å². The lowest BCUT2D eigenvalue weighted by molar-refractivity contribution is 0.0106. The van der Waals surface area contributed by atoms with E-state index in [4.69, 9.17) is 0 Å². The fourth-order valence-corrected chi connectivity index (χ4v) is 2.34. The lowest BCUT2D eigenvalue weighted by atomic mass is 10.1. The third-order valence-electron chi connectivity index (χ3n) is 3.38. The normalized spacial score (nSPS) is 27.9. The molecule has 0 aromatic carbocycles. The minimum Gasteiger partial charge on any atom is -0.368 e. The van der Waals surface area contributed by atoms with E-state index in [1.165, 1.54) is 24.5 Å². The molecule has 0 amide bonds. The van der Waals surface area contributed by atoms with E-state index < -0.39 is 0 Å². The predicted octanol–water partition coefficient (Wildman–Crippen LogP) is 0.757. The number of fused-ring (bicyclic) bond motifs is 2. The number of likely N-dealkylation sites (N-methyl/N-ethyl adjacent to an activating group) is 1. The molecule has 3 nitrogen and oxygen atoms in total. The van der Waals surface area contributed by atoms with Crippen molar-refractivity contribution < 1.29 is 0 Å². The van der Waals surface area contributed by atoms with Crippen LogP contribution in [0, 0.1) is 0 Å². The first-order valence-corrected chi connectivity index (χ1v) is 4.96. The maximum Gasteiger partial charge on any atom is 0.0992 e. The summed E-state index contributed by atoms with van der Waals surface area (Å²) in [5.41, 5.74) is 2.92. The van der Waals surface area contributed by atoms with E-state index in [9.17, 15) is 0 Å². The molecule has 1 fully saturated rings. The Morgan fingerprint density at radius 3 is 2.38 bits per heavy atom. The van der Waals surface area contributed by atoms with Gasteiger partial charge in [0.25, 0.3) is 0 Å². The molecule has 0 N–H and O–H groups in total. The van der Waals surface area contributed by atoms with Crippen molar-refractivity contribution in [2.45, 2.75) is 20.0 Å². The van der Waals surface area contributed by atoms with E-state index in [2.05, 4.69) is 42.6 Å². The summed E-state index contributed by atoms with van der Waals surface area (Å²) >= 11 is 0. The second kappa shape index (κ2) is 2.91. The monoisotopic (exact) mass is 181 g/mol. The first kappa shape index (κ1) is 8.88. The maximum absolute atomic E-state index is 2.52. The van der Waals surface area contributed by atoms with Crippen LogP contribution in [-0.2, 0) is 0 Å². The predicted molar refractivity (Wildman–Crippen MR) is 54.1 cm³/mol. The summed E-state index contributed by atoms with van der Waals surface area (Å²) < 4.78 is 0. The van der Waals surface area contributed by atoms with Crippen molar-refractivity contribution in [2.75, 3.05) is 33.7 Å². The molecule has 3 rings (SSSR count). The first-order chi connectivity index (χ1) is 6.11. The number of allylic oxidation sites excluding steroid dienone is 2. The number of nitrogens with zero attached hydrogens (tertiary/aromatic N) is 3. The highest BCUT2D eigenvalue weighted by molar-refractivity contribution is 5.17. The summed E-state index contributed by atoms with van der Waals surface area (Å²) in [6.45, 7) is 8.01. The van der Waals surface area contributed by atoms with Gasteiger partial charge in [-0.3, -0.25) is 4.90 Å². The Hall–Kier alpha value is -0.700. The number of rotatable bonds is 1. The molecule has 74 valence electrons. The van der Waals surface area contributed by atoms with Crippen molar-refractivity contribution in [2.24, 2.45) is 0 Å². The zero-order chi connectivity index (χ0) is 9.59. The summed E-state index contributed by atoms with van der Waals surface area (Å²) in [4.78, 5) is 7.33. The third-order valence-corrected chi connectivity index (χ3v) is 3.38. The highest BCUT2D eigenvalue weighted by Gasteiger charge is 2.34. The van der Waals surface area contributed by atoms with Gasteiger partial charge in [0.15, 0.2) is 0 Å². The van der Waals surface area contributed by atoms with Gasteiger partial charge in [0.05, 0.1) is 12.7 Å². The zero-order valence-corrected chi connectivity index (χ0v) is 9.04. The van der Waals surface area contributed by atoms with Gasteiger partial charge in [-0.05, 0) is 27.9 Å². The molecule has 0 aromatic rings. The number of piperazine rings is 1. The molecule has 3 aliphatic rings. The quantitative estimate of drug-likeness (QED) is 0.591. The van der Waals surface area contributed by atoms with Crippen LogP contribution in [0.15, 0.2) is 11.4 Å². The Balaban J connectivity index is 2.27. The lowest BCUT2D eigenvalue weighted by Crippen LogP contribution is -2.61. The first-order valence-electron chi connectivity index (χ1n) is 4.96. The average Bonchev–Trinajstić information content (AvgIpc) is 2.12. The largest absolute Gasteiger partial charge is 0.368 e. The van der Waals surface area contributed by atoms with Crippen molar-refractivity contribution in [1.82, 2.24) is 14.7 Å². The molecule has 1 atom stereocenters. The lowest BCUT2D eigenvalue weighted by Gasteiger charge is -2.52. The average molecular weight is 181 g/mol. The van der Waals surface area contributed by atoms with Crippen LogP contribution in [-0.4, -0.2) is 54.6 Å². The van der Waals surface area contributed by atoms with Gasteiger partial charge in [-0.2, -0.15) is 0 Å². The van der Waals surface area contributed by atoms with Crippen molar-refractivity contribution in [3.05, 3.63) is 11.4 Å².